The SMILES string of the molecule is O[C@@H]1CC(Cn2cccn2)C[C@H]1NCc1ccnn1-c1ccccc1. The normalized spacial score (nSPS) is 23.2. The highest BCUT2D eigenvalue weighted by Crippen LogP contribution is 2.27. The first-order valence-electron chi connectivity index (χ1n) is 8.77. The lowest BCUT2D eigenvalue weighted by Gasteiger charge is -2.17. The van der Waals surface area contributed by atoms with Gasteiger partial charge in [0.1, 0.15) is 0 Å². The van der Waals surface area contributed by atoms with Gasteiger partial charge in [-0.05, 0) is 43.0 Å². The molecule has 25 heavy (non-hydrogen) atoms. The summed E-state index contributed by atoms with van der Waals surface area (Å²) >= 11 is 0. The number of hydrogen-bond acceptors (Lipinski definition) is 4. The molecular formula is C19H23N5O. The van der Waals surface area contributed by atoms with Crippen molar-refractivity contribution in [3.8, 4) is 5.69 Å². The molecule has 6 nitrogen and oxygen atoms in total. The minimum absolute atomic E-state index is 0.111. The van der Waals surface area contributed by atoms with Crippen LogP contribution in [0.4, 0.5) is 0 Å². The van der Waals surface area contributed by atoms with E-state index in [0.717, 1.165) is 30.8 Å². The van der Waals surface area contributed by atoms with Gasteiger partial charge < -0.3 is 10.4 Å². The average molecular weight is 337 g/mol. The Morgan fingerprint density at radius 3 is 2.72 bits per heavy atom. The first-order valence-corrected chi connectivity index (χ1v) is 8.77. The molecule has 0 amide bonds. The van der Waals surface area contributed by atoms with Crippen LogP contribution in [0.5, 0.6) is 0 Å². The molecule has 1 unspecified atom stereocenters. The minimum atomic E-state index is -0.311. The van der Waals surface area contributed by atoms with Gasteiger partial charge in [-0.1, -0.05) is 18.2 Å². The number of nitrogens with zero attached hydrogens (tertiary/aromatic N) is 4. The predicted octanol–water partition coefficient (Wildman–Crippen LogP) is 2.00. The lowest BCUT2D eigenvalue weighted by Crippen LogP contribution is -2.35. The van der Waals surface area contributed by atoms with Gasteiger partial charge in [-0.3, -0.25) is 4.68 Å². The van der Waals surface area contributed by atoms with Crippen LogP contribution < -0.4 is 5.32 Å². The summed E-state index contributed by atoms with van der Waals surface area (Å²) in [5.74, 6) is 0.450. The maximum atomic E-state index is 10.4. The summed E-state index contributed by atoms with van der Waals surface area (Å²) < 4.78 is 3.89. The van der Waals surface area contributed by atoms with E-state index < -0.39 is 0 Å². The monoisotopic (exact) mass is 337 g/mol. The largest absolute Gasteiger partial charge is 0.391 e. The third-order valence-corrected chi connectivity index (χ3v) is 4.90. The van der Waals surface area contributed by atoms with Gasteiger partial charge in [-0.2, -0.15) is 10.2 Å². The maximum absolute atomic E-state index is 10.4. The summed E-state index contributed by atoms with van der Waals surface area (Å²) in [4.78, 5) is 0. The number of aliphatic hydroxyl groups excluding tert-OH is 1. The highest BCUT2D eigenvalue weighted by Gasteiger charge is 2.32. The minimum Gasteiger partial charge on any atom is -0.391 e. The number of para-hydroxylation sites is 1. The summed E-state index contributed by atoms with van der Waals surface area (Å²) in [6, 6.07) is 14.2. The van der Waals surface area contributed by atoms with Gasteiger partial charge in [-0.25, -0.2) is 4.68 Å². The standard InChI is InChI=1S/C19H23N5O/c25-19-12-15(14-23-10-4-8-21-23)11-18(19)20-13-17-7-9-22-24(17)16-5-2-1-3-6-16/h1-10,15,18-20,25H,11-14H2/t15?,18-,19-/m1/s1. The van der Waals surface area contributed by atoms with Crippen LogP contribution in [-0.2, 0) is 13.1 Å². The van der Waals surface area contributed by atoms with E-state index in [1.54, 1.807) is 6.20 Å². The molecular weight excluding hydrogens is 314 g/mol. The van der Waals surface area contributed by atoms with E-state index in [1.165, 1.54) is 0 Å². The second-order valence-corrected chi connectivity index (χ2v) is 6.69. The highest BCUT2D eigenvalue weighted by atomic mass is 16.3. The number of benzene rings is 1. The van der Waals surface area contributed by atoms with E-state index in [0.29, 0.717) is 12.5 Å². The fraction of sp³-hybridized carbons (Fsp3) is 0.368. The van der Waals surface area contributed by atoms with Crippen molar-refractivity contribution in [3.63, 3.8) is 0 Å². The van der Waals surface area contributed by atoms with Gasteiger partial charge in [-0.15, -0.1) is 0 Å². The molecule has 130 valence electrons. The second kappa shape index (κ2) is 7.21. The zero-order chi connectivity index (χ0) is 17.1. The van der Waals surface area contributed by atoms with E-state index in [1.807, 2.05) is 64.2 Å². The summed E-state index contributed by atoms with van der Waals surface area (Å²) in [5.41, 5.74) is 2.14. The number of rotatable bonds is 6. The molecule has 2 aromatic heterocycles. The van der Waals surface area contributed by atoms with Crippen LogP contribution in [0.15, 0.2) is 61.1 Å². The van der Waals surface area contributed by atoms with Crippen LogP contribution in [-0.4, -0.2) is 36.8 Å². The molecule has 0 aliphatic heterocycles. The Morgan fingerprint density at radius 1 is 1.04 bits per heavy atom. The predicted molar refractivity (Wildman–Crippen MR) is 95.1 cm³/mol. The summed E-state index contributed by atoms with van der Waals surface area (Å²) in [6.07, 6.45) is 7.05. The Balaban J connectivity index is 1.37. The molecule has 1 fully saturated rings. The highest BCUT2D eigenvalue weighted by molar-refractivity contribution is 5.32. The topological polar surface area (TPSA) is 67.9 Å². The van der Waals surface area contributed by atoms with Crippen molar-refractivity contribution in [2.24, 2.45) is 5.92 Å². The smallest absolute Gasteiger partial charge is 0.0696 e. The Bertz CT molecular complexity index is 783. The van der Waals surface area contributed by atoms with Crippen molar-refractivity contribution in [1.82, 2.24) is 24.9 Å². The van der Waals surface area contributed by atoms with E-state index >= 15 is 0 Å². The molecule has 2 heterocycles. The van der Waals surface area contributed by atoms with Gasteiger partial charge in [0.25, 0.3) is 0 Å². The molecule has 6 heteroatoms. The Hall–Kier alpha value is -2.44. The van der Waals surface area contributed by atoms with Crippen LogP contribution in [0, 0.1) is 5.92 Å². The Labute approximate surface area is 147 Å². The van der Waals surface area contributed by atoms with Gasteiger partial charge >= 0.3 is 0 Å². The molecule has 2 N–H and O–H groups in total. The first-order chi connectivity index (χ1) is 12.3. The molecule has 1 aliphatic rings. The molecule has 0 saturated heterocycles. The molecule has 3 aromatic rings. The molecule has 1 saturated carbocycles. The molecule has 0 bridgehead atoms. The van der Waals surface area contributed by atoms with Crippen molar-refractivity contribution in [1.29, 1.82) is 0 Å². The van der Waals surface area contributed by atoms with Gasteiger partial charge in [0, 0.05) is 37.7 Å². The van der Waals surface area contributed by atoms with Gasteiger partial charge in [0.05, 0.1) is 17.5 Å². The van der Waals surface area contributed by atoms with Crippen LogP contribution in [0.2, 0.25) is 0 Å². The third-order valence-electron chi connectivity index (χ3n) is 4.90. The number of aliphatic hydroxyl groups is 1. The summed E-state index contributed by atoms with van der Waals surface area (Å²) in [7, 11) is 0. The van der Waals surface area contributed by atoms with Crippen molar-refractivity contribution in [3.05, 3.63) is 66.7 Å². The van der Waals surface area contributed by atoms with Gasteiger partial charge in [0.15, 0.2) is 0 Å². The number of aromatic nitrogens is 4. The number of hydrogen-bond donors (Lipinski definition) is 2. The number of nitrogens with one attached hydrogen (secondary N) is 1. The fourth-order valence-corrected chi connectivity index (χ4v) is 3.66. The Kier molecular flexibility index (Phi) is 4.63. The molecule has 4 rings (SSSR count). The first kappa shape index (κ1) is 16.1. The fourth-order valence-electron chi connectivity index (χ4n) is 3.66. The van der Waals surface area contributed by atoms with Crippen LogP contribution in [0.25, 0.3) is 5.69 Å². The van der Waals surface area contributed by atoms with E-state index in [4.69, 9.17) is 0 Å². The Morgan fingerprint density at radius 2 is 1.92 bits per heavy atom. The third kappa shape index (κ3) is 3.65. The van der Waals surface area contributed by atoms with Gasteiger partial charge in [0.2, 0.25) is 0 Å². The van der Waals surface area contributed by atoms with E-state index in [9.17, 15) is 5.11 Å². The zero-order valence-electron chi connectivity index (χ0n) is 14.1. The van der Waals surface area contributed by atoms with Crippen molar-refractivity contribution < 1.29 is 5.11 Å². The van der Waals surface area contributed by atoms with Crippen LogP contribution >= 0.6 is 0 Å². The molecule has 1 aliphatic carbocycles. The molecule has 0 radical (unpaired) electrons. The summed E-state index contributed by atoms with van der Waals surface area (Å²) in [6.45, 7) is 1.55. The quantitative estimate of drug-likeness (QED) is 0.722. The van der Waals surface area contributed by atoms with Crippen molar-refractivity contribution in [2.75, 3.05) is 0 Å². The zero-order valence-corrected chi connectivity index (χ0v) is 14.1. The molecule has 1 aromatic carbocycles. The van der Waals surface area contributed by atoms with Crippen molar-refractivity contribution >= 4 is 0 Å². The molecule has 0 spiro atoms. The maximum Gasteiger partial charge on any atom is 0.0696 e. The van der Waals surface area contributed by atoms with Crippen molar-refractivity contribution in [2.45, 2.75) is 38.1 Å². The second-order valence-electron chi connectivity index (χ2n) is 6.69. The van der Waals surface area contributed by atoms with Crippen LogP contribution in [0.3, 0.4) is 0 Å². The molecule has 3 atom stereocenters. The van der Waals surface area contributed by atoms with E-state index in [2.05, 4.69) is 15.5 Å². The van der Waals surface area contributed by atoms with Crippen LogP contribution in [0.1, 0.15) is 18.5 Å². The lowest BCUT2D eigenvalue weighted by atomic mass is 10.1. The lowest BCUT2D eigenvalue weighted by molar-refractivity contribution is 0.145. The average Bonchev–Trinajstić information content (AvgIpc) is 3.36. The summed E-state index contributed by atoms with van der Waals surface area (Å²) in [5, 5.41) is 22.6. The van der Waals surface area contributed by atoms with E-state index in [-0.39, 0.29) is 12.1 Å².